The van der Waals surface area contributed by atoms with Crippen molar-refractivity contribution in [3.8, 4) is 5.75 Å². The van der Waals surface area contributed by atoms with Crippen LogP contribution in [0.4, 0.5) is 10.5 Å². The van der Waals surface area contributed by atoms with Crippen LogP contribution in [-0.2, 0) is 11.3 Å². The van der Waals surface area contributed by atoms with Crippen LogP contribution in [0.3, 0.4) is 0 Å². The van der Waals surface area contributed by atoms with Crippen LogP contribution in [0.25, 0.3) is 0 Å². The van der Waals surface area contributed by atoms with Crippen molar-refractivity contribution in [3.63, 3.8) is 0 Å². The largest absolute Gasteiger partial charge is 0.507 e. The molecule has 24 heavy (non-hydrogen) atoms. The van der Waals surface area contributed by atoms with Gasteiger partial charge in [-0.05, 0) is 49.1 Å². The molecule has 0 heterocycles. The molecular weight excluding hydrogens is 312 g/mol. The van der Waals surface area contributed by atoms with Crippen molar-refractivity contribution < 1.29 is 19.7 Å². The molecule has 0 atom stereocenters. The number of ether oxygens (including phenoxy) is 1. The maximum atomic E-state index is 12.2. The summed E-state index contributed by atoms with van der Waals surface area (Å²) in [6, 6.07) is 10.3. The molecule has 1 amide bonds. The van der Waals surface area contributed by atoms with E-state index in [0.717, 1.165) is 5.56 Å². The van der Waals surface area contributed by atoms with Crippen molar-refractivity contribution in [3.05, 3.63) is 68.8 Å². The number of carbonyl (C=O) groups is 1. The first-order valence-electron chi connectivity index (χ1n) is 7.27. The molecule has 0 aliphatic heterocycles. The van der Waals surface area contributed by atoms with Crippen LogP contribution in [0, 0.1) is 30.9 Å². The summed E-state index contributed by atoms with van der Waals surface area (Å²) in [5.74, 6) is 0.0530. The van der Waals surface area contributed by atoms with E-state index in [1.165, 1.54) is 6.07 Å². The van der Waals surface area contributed by atoms with Crippen molar-refractivity contribution in [2.45, 2.75) is 27.4 Å². The van der Waals surface area contributed by atoms with E-state index in [0.29, 0.717) is 21.7 Å². The second-order valence-electron chi connectivity index (χ2n) is 5.40. The second-order valence-corrected chi connectivity index (χ2v) is 5.40. The molecule has 1 N–H and O–H groups in total. The number of rotatable bonds is 4. The number of aromatic hydroxyl groups is 1. The zero-order valence-electron chi connectivity index (χ0n) is 13.6. The van der Waals surface area contributed by atoms with Crippen molar-refractivity contribution in [1.29, 1.82) is 0 Å². The Morgan fingerprint density at radius 3 is 2.42 bits per heavy atom. The van der Waals surface area contributed by atoms with Crippen LogP contribution < -0.4 is 5.01 Å². The Morgan fingerprint density at radius 1 is 1.21 bits per heavy atom. The molecular formula is C17H18N2O5. The van der Waals surface area contributed by atoms with Crippen molar-refractivity contribution >= 4 is 11.8 Å². The fraction of sp³-hybridized carbons (Fsp3) is 0.235. The highest BCUT2D eigenvalue weighted by atomic mass is 16.7. The van der Waals surface area contributed by atoms with Gasteiger partial charge in [0.15, 0.2) is 5.03 Å². The number of phenolic OH excluding ortho intramolecular Hbond substituents is 1. The third-order valence-electron chi connectivity index (χ3n) is 3.80. The molecule has 0 unspecified atom stereocenters. The minimum Gasteiger partial charge on any atom is -0.507 e. The van der Waals surface area contributed by atoms with Gasteiger partial charge in [-0.1, -0.05) is 30.3 Å². The number of anilines is 1. The Bertz CT molecular complexity index is 774. The van der Waals surface area contributed by atoms with Crippen molar-refractivity contribution in [2.24, 2.45) is 0 Å². The van der Waals surface area contributed by atoms with Crippen LogP contribution >= 0.6 is 0 Å². The Labute approximate surface area is 139 Å². The molecule has 0 fully saturated rings. The Morgan fingerprint density at radius 2 is 1.83 bits per heavy atom. The predicted octanol–water partition coefficient (Wildman–Crippen LogP) is 3.65. The number of benzene rings is 2. The molecule has 2 aromatic carbocycles. The number of phenols is 1. The van der Waals surface area contributed by atoms with Gasteiger partial charge in [0.05, 0.1) is 0 Å². The average Bonchev–Trinajstić information content (AvgIpc) is 2.56. The lowest BCUT2D eigenvalue weighted by Crippen LogP contribution is -2.37. The van der Waals surface area contributed by atoms with Crippen molar-refractivity contribution in [1.82, 2.24) is 0 Å². The summed E-state index contributed by atoms with van der Waals surface area (Å²) in [7, 11) is 0. The first-order chi connectivity index (χ1) is 11.3. The molecule has 0 saturated carbocycles. The molecule has 0 saturated heterocycles. The number of nitrogens with zero attached hydrogens (tertiary/aromatic N) is 2. The number of nitro groups is 1. The zero-order chi connectivity index (χ0) is 17.9. The SMILES string of the molecule is Cc1cc(N(C(=O)OCc2ccccc2)[N+](=O)[O-])c(C)c(C)c1O. The second kappa shape index (κ2) is 6.99. The van der Waals surface area contributed by atoms with Gasteiger partial charge >= 0.3 is 6.09 Å². The van der Waals surface area contributed by atoms with Gasteiger partial charge in [0.25, 0.3) is 0 Å². The minimum absolute atomic E-state index is 0.0530. The molecule has 0 radical (unpaired) electrons. The highest BCUT2D eigenvalue weighted by Crippen LogP contribution is 2.33. The van der Waals surface area contributed by atoms with E-state index in [4.69, 9.17) is 4.74 Å². The quantitative estimate of drug-likeness (QED) is 0.682. The molecule has 0 aliphatic carbocycles. The summed E-state index contributed by atoms with van der Waals surface area (Å²) in [5, 5.41) is 20.8. The fourth-order valence-corrected chi connectivity index (χ4v) is 2.30. The number of amides is 1. The molecule has 0 aromatic heterocycles. The van der Waals surface area contributed by atoms with Gasteiger partial charge in [-0.15, -0.1) is 0 Å². The monoisotopic (exact) mass is 330 g/mol. The smallest absolute Gasteiger partial charge is 0.473 e. The average molecular weight is 330 g/mol. The standard InChI is InChI=1S/C17H18N2O5/c1-11-9-15(12(2)13(3)16(11)20)18(19(22)23)17(21)24-10-14-7-5-4-6-8-14/h4-9,20H,10H2,1-3H3. The van der Waals surface area contributed by atoms with Gasteiger partial charge in [0, 0.05) is 5.01 Å². The normalized spacial score (nSPS) is 10.3. The van der Waals surface area contributed by atoms with Gasteiger partial charge in [-0.2, -0.15) is 0 Å². The summed E-state index contributed by atoms with van der Waals surface area (Å²) in [5.41, 5.74) is 2.16. The van der Waals surface area contributed by atoms with Gasteiger partial charge in [-0.3, -0.25) is 0 Å². The molecule has 0 aliphatic rings. The number of hydrogen-bond acceptors (Lipinski definition) is 5. The maximum absolute atomic E-state index is 12.2. The summed E-state index contributed by atoms with van der Waals surface area (Å²) in [4.78, 5) is 23.6. The molecule has 7 nitrogen and oxygen atoms in total. The van der Waals surface area contributed by atoms with Crippen molar-refractivity contribution in [2.75, 3.05) is 5.01 Å². The summed E-state index contributed by atoms with van der Waals surface area (Å²) >= 11 is 0. The number of carbonyl (C=O) groups excluding carboxylic acids is 1. The van der Waals surface area contributed by atoms with Gasteiger partial charge in [0.2, 0.25) is 0 Å². The maximum Gasteiger partial charge on any atom is 0.473 e. The lowest BCUT2D eigenvalue weighted by molar-refractivity contribution is -0.483. The minimum atomic E-state index is -1.09. The molecule has 2 aromatic rings. The summed E-state index contributed by atoms with van der Waals surface area (Å²) in [6.07, 6.45) is -1.09. The van der Waals surface area contributed by atoms with E-state index < -0.39 is 11.1 Å². The number of hydrogen-bond donors (Lipinski definition) is 1. The van der Waals surface area contributed by atoms with E-state index in [2.05, 4.69) is 0 Å². The fourth-order valence-electron chi connectivity index (χ4n) is 2.30. The van der Waals surface area contributed by atoms with Crippen LogP contribution in [0.5, 0.6) is 5.75 Å². The third kappa shape index (κ3) is 3.45. The molecule has 7 heteroatoms. The van der Waals surface area contributed by atoms with Crippen LogP contribution in [-0.4, -0.2) is 16.2 Å². The topological polar surface area (TPSA) is 92.9 Å². The van der Waals surface area contributed by atoms with E-state index in [1.54, 1.807) is 45.0 Å². The highest BCUT2D eigenvalue weighted by Gasteiger charge is 2.31. The van der Waals surface area contributed by atoms with Crippen LogP contribution in [0.15, 0.2) is 36.4 Å². The van der Waals surface area contributed by atoms with Gasteiger partial charge in [-0.25, -0.2) is 14.9 Å². The molecule has 0 bridgehead atoms. The van der Waals surface area contributed by atoms with Gasteiger partial charge in [0.1, 0.15) is 18.0 Å². The predicted molar refractivity (Wildman–Crippen MR) is 88.4 cm³/mol. The first-order valence-corrected chi connectivity index (χ1v) is 7.27. The first kappa shape index (κ1) is 17.3. The van der Waals surface area contributed by atoms with E-state index in [9.17, 15) is 20.0 Å². The Hall–Kier alpha value is -3.09. The number of hydrazine groups is 1. The molecule has 0 spiro atoms. The van der Waals surface area contributed by atoms with Crippen LogP contribution in [0.2, 0.25) is 0 Å². The molecule has 2 rings (SSSR count). The lowest BCUT2D eigenvalue weighted by atomic mass is 10.0. The number of aryl methyl sites for hydroxylation is 1. The molecule has 126 valence electrons. The Kier molecular flexibility index (Phi) is 5.03. The van der Waals surface area contributed by atoms with Crippen LogP contribution in [0.1, 0.15) is 22.3 Å². The van der Waals surface area contributed by atoms with E-state index in [-0.39, 0.29) is 18.0 Å². The highest BCUT2D eigenvalue weighted by molar-refractivity contribution is 5.87. The lowest BCUT2D eigenvalue weighted by Gasteiger charge is -2.17. The summed E-state index contributed by atoms with van der Waals surface area (Å²) in [6.45, 7) is 4.78. The zero-order valence-corrected chi connectivity index (χ0v) is 13.6. The Balaban J connectivity index is 2.30. The van der Waals surface area contributed by atoms with E-state index >= 15 is 0 Å². The van der Waals surface area contributed by atoms with E-state index in [1.807, 2.05) is 6.07 Å². The third-order valence-corrected chi connectivity index (χ3v) is 3.80. The summed E-state index contributed by atoms with van der Waals surface area (Å²) < 4.78 is 5.05. The van der Waals surface area contributed by atoms with Gasteiger partial charge < -0.3 is 9.84 Å².